The predicted molar refractivity (Wildman–Crippen MR) is 70.7 cm³/mol. The number of halogens is 1. The Morgan fingerprint density at radius 3 is 1.69 bits per heavy atom. The number of rotatable bonds is 2. The number of hydrogen-bond donors (Lipinski definition) is 0. The molecule has 0 N–H and O–H groups in total. The lowest BCUT2D eigenvalue weighted by molar-refractivity contribution is 0.219. The van der Waals surface area contributed by atoms with Crippen LogP contribution in [0.4, 0.5) is 0 Å². The molecular formula is C12H25I. The van der Waals surface area contributed by atoms with Crippen molar-refractivity contribution in [3.8, 4) is 0 Å². The van der Waals surface area contributed by atoms with Crippen LogP contribution in [0.1, 0.15) is 65.7 Å². The van der Waals surface area contributed by atoms with Gasteiger partial charge in [-0.15, -0.1) is 0 Å². The molecule has 0 bridgehead atoms. The third-order valence-corrected chi connectivity index (χ3v) is 4.57. The van der Waals surface area contributed by atoms with Crippen LogP contribution in [0.3, 0.4) is 0 Å². The molecule has 1 fully saturated rings. The highest BCUT2D eigenvalue weighted by atomic mass is 127. The minimum Gasteiger partial charge on any atom is -0.0858 e. The van der Waals surface area contributed by atoms with Crippen LogP contribution < -0.4 is 0 Å². The van der Waals surface area contributed by atoms with Gasteiger partial charge in [-0.05, 0) is 24.7 Å². The van der Waals surface area contributed by atoms with Gasteiger partial charge in [-0.25, -0.2) is 0 Å². The highest BCUT2D eigenvalue weighted by Crippen LogP contribution is 2.40. The van der Waals surface area contributed by atoms with E-state index in [1.807, 2.05) is 0 Å². The summed E-state index contributed by atoms with van der Waals surface area (Å²) in [6.07, 6.45) is 10.1. The van der Waals surface area contributed by atoms with E-state index in [0.717, 1.165) is 5.41 Å². The third kappa shape index (κ3) is 5.24. The van der Waals surface area contributed by atoms with E-state index in [-0.39, 0.29) is 0 Å². The molecule has 1 rings (SSSR count). The van der Waals surface area contributed by atoms with Crippen molar-refractivity contribution in [2.45, 2.75) is 65.7 Å². The second-order valence-electron chi connectivity index (χ2n) is 4.25. The van der Waals surface area contributed by atoms with Gasteiger partial charge >= 0.3 is 0 Å². The summed E-state index contributed by atoms with van der Waals surface area (Å²) in [6.45, 7) is 6.60. The van der Waals surface area contributed by atoms with E-state index in [9.17, 15) is 0 Å². The van der Waals surface area contributed by atoms with Crippen LogP contribution in [-0.4, -0.2) is 4.43 Å². The van der Waals surface area contributed by atoms with Gasteiger partial charge in [0, 0.05) is 4.43 Å². The lowest BCUT2D eigenvalue weighted by Gasteiger charge is -2.34. The summed E-state index contributed by atoms with van der Waals surface area (Å²) in [5.41, 5.74) is 0.749. The summed E-state index contributed by atoms with van der Waals surface area (Å²) in [5.74, 6) is 0. The molecule has 0 atom stereocenters. The largest absolute Gasteiger partial charge is 0.0858 e. The molecule has 80 valence electrons. The molecule has 0 aromatic heterocycles. The highest BCUT2D eigenvalue weighted by Gasteiger charge is 2.28. The van der Waals surface area contributed by atoms with Gasteiger partial charge in [0.05, 0.1) is 0 Å². The van der Waals surface area contributed by atoms with Crippen LogP contribution in [0.25, 0.3) is 0 Å². The van der Waals surface area contributed by atoms with E-state index < -0.39 is 0 Å². The zero-order valence-corrected chi connectivity index (χ0v) is 11.7. The molecule has 0 aromatic carbocycles. The maximum Gasteiger partial charge on any atom is 0.00519 e. The second kappa shape index (κ2) is 8.07. The topological polar surface area (TPSA) is 0 Å². The quantitative estimate of drug-likeness (QED) is 0.485. The average molecular weight is 296 g/mol. The van der Waals surface area contributed by atoms with Crippen molar-refractivity contribution in [1.82, 2.24) is 0 Å². The number of alkyl halides is 1. The fraction of sp³-hybridized carbons (Fsp3) is 1.00. The van der Waals surface area contributed by atoms with Gasteiger partial charge in [0.2, 0.25) is 0 Å². The Morgan fingerprint density at radius 2 is 1.46 bits per heavy atom. The fourth-order valence-corrected chi connectivity index (χ4v) is 3.19. The van der Waals surface area contributed by atoms with E-state index in [4.69, 9.17) is 0 Å². The molecule has 0 heterocycles. The maximum atomic E-state index is 2.56. The first-order valence-electron chi connectivity index (χ1n) is 5.80. The molecule has 0 aliphatic heterocycles. The molecule has 0 radical (unpaired) electrons. The van der Waals surface area contributed by atoms with Crippen LogP contribution >= 0.6 is 22.6 Å². The van der Waals surface area contributed by atoms with Crippen molar-refractivity contribution in [3.05, 3.63) is 0 Å². The normalized spacial score (nSPS) is 20.3. The summed E-state index contributed by atoms with van der Waals surface area (Å²) in [5, 5.41) is 0. The van der Waals surface area contributed by atoms with Gasteiger partial charge < -0.3 is 0 Å². The lowest BCUT2D eigenvalue weighted by Crippen LogP contribution is -2.24. The Kier molecular flexibility index (Phi) is 8.53. The van der Waals surface area contributed by atoms with Crippen LogP contribution in [-0.2, 0) is 0 Å². The van der Waals surface area contributed by atoms with E-state index in [2.05, 4.69) is 43.4 Å². The predicted octanol–water partition coefficient (Wildman–Crippen LogP) is 5.20. The molecule has 0 saturated heterocycles. The third-order valence-electron chi connectivity index (χ3n) is 2.95. The molecule has 13 heavy (non-hydrogen) atoms. The van der Waals surface area contributed by atoms with Crippen LogP contribution in [0.2, 0.25) is 0 Å². The van der Waals surface area contributed by atoms with Gasteiger partial charge in [-0.1, -0.05) is 69.0 Å². The Hall–Kier alpha value is 0.730. The van der Waals surface area contributed by atoms with Crippen molar-refractivity contribution in [3.63, 3.8) is 0 Å². The van der Waals surface area contributed by atoms with Gasteiger partial charge in [-0.2, -0.15) is 0 Å². The van der Waals surface area contributed by atoms with Crippen molar-refractivity contribution in [2.24, 2.45) is 5.41 Å². The molecule has 0 amide bonds. The molecule has 0 unspecified atom stereocenters. The molecule has 1 aliphatic rings. The van der Waals surface area contributed by atoms with Crippen LogP contribution in [0.15, 0.2) is 0 Å². The smallest absolute Gasteiger partial charge is 0.00519 e. The molecule has 1 heteroatoms. The number of hydrogen-bond acceptors (Lipinski definition) is 0. The zero-order valence-electron chi connectivity index (χ0n) is 9.53. The Morgan fingerprint density at radius 1 is 1.00 bits per heavy atom. The van der Waals surface area contributed by atoms with Gasteiger partial charge in [-0.3, -0.25) is 0 Å². The standard InChI is InChI=1S/C9H17I.C3H8/c1-2-9(8-10)6-4-3-5-7-9;1-3-2/h2-8H2,1H3;3H2,1-2H3. The second-order valence-corrected chi connectivity index (χ2v) is 5.02. The molecule has 0 aromatic rings. The van der Waals surface area contributed by atoms with Crippen molar-refractivity contribution >= 4 is 22.6 Å². The van der Waals surface area contributed by atoms with Crippen molar-refractivity contribution in [2.75, 3.05) is 4.43 Å². The van der Waals surface area contributed by atoms with Crippen LogP contribution in [0.5, 0.6) is 0 Å². The van der Waals surface area contributed by atoms with Gasteiger partial charge in [0.25, 0.3) is 0 Å². The first kappa shape index (κ1) is 13.7. The van der Waals surface area contributed by atoms with Crippen molar-refractivity contribution < 1.29 is 0 Å². The maximum absolute atomic E-state index is 2.56. The summed E-state index contributed by atoms with van der Waals surface area (Å²) in [7, 11) is 0. The fourth-order valence-electron chi connectivity index (χ4n) is 1.88. The first-order chi connectivity index (χ1) is 6.24. The van der Waals surface area contributed by atoms with Crippen LogP contribution in [0, 0.1) is 5.41 Å². The van der Waals surface area contributed by atoms with Gasteiger partial charge in [0.15, 0.2) is 0 Å². The molecule has 0 spiro atoms. The minimum absolute atomic E-state index is 0.749. The Labute approximate surface area is 98.0 Å². The molecule has 1 aliphatic carbocycles. The Bertz CT molecular complexity index is 97.7. The monoisotopic (exact) mass is 296 g/mol. The molecular weight excluding hydrogens is 271 g/mol. The lowest BCUT2D eigenvalue weighted by atomic mass is 9.74. The zero-order chi connectivity index (χ0) is 10.2. The SMILES string of the molecule is CCC.CCC1(CI)CCCCC1. The van der Waals surface area contributed by atoms with E-state index >= 15 is 0 Å². The molecule has 0 nitrogen and oxygen atoms in total. The van der Waals surface area contributed by atoms with E-state index in [1.54, 1.807) is 0 Å². The summed E-state index contributed by atoms with van der Waals surface area (Å²) in [4.78, 5) is 0. The van der Waals surface area contributed by atoms with Crippen molar-refractivity contribution in [1.29, 1.82) is 0 Å². The van der Waals surface area contributed by atoms with E-state index in [1.165, 1.54) is 49.4 Å². The minimum atomic E-state index is 0.749. The Balaban J connectivity index is 0.000000424. The summed E-state index contributed by atoms with van der Waals surface area (Å²) < 4.78 is 1.38. The first-order valence-corrected chi connectivity index (χ1v) is 7.33. The molecule has 1 saturated carbocycles. The average Bonchev–Trinajstić information content (AvgIpc) is 2.20. The summed E-state index contributed by atoms with van der Waals surface area (Å²) in [6, 6.07) is 0. The summed E-state index contributed by atoms with van der Waals surface area (Å²) >= 11 is 2.56. The van der Waals surface area contributed by atoms with E-state index in [0.29, 0.717) is 0 Å². The highest BCUT2D eigenvalue weighted by molar-refractivity contribution is 14.1. The van der Waals surface area contributed by atoms with Gasteiger partial charge in [0.1, 0.15) is 0 Å².